The molecule has 4 aromatic rings. The molecule has 1 saturated heterocycles. The highest BCUT2D eigenvalue weighted by molar-refractivity contribution is 7.13. The van der Waals surface area contributed by atoms with Crippen molar-refractivity contribution >= 4 is 46.0 Å². The van der Waals surface area contributed by atoms with E-state index in [2.05, 4.69) is 35.4 Å². The fraction of sp³-hybridized carbons (Fsp3) is 0.438. The van der Waals surface area contributed by atoms with Gasteiger partial charge in [-0.25, -0.2) is 24.5 Å². The number of carboxylic acid groups (broad SMARTS) is 1. The fourth-order valence-corrected chi connectivity index (χ4v) is 6.84. The van der Waals surface area contributed by atoms with Crippen LogP contribution >= 0.6 is 11.3 Å². The van der Waals surface area contributed by atoms with Crippen LogP contribution < -0.4 is 21.0 Å². The van der Waals surface area contributed by atoms with Gasteiger partial charge in [0.1, 0.15) is 27.9 Å². The van der Waals surface area contributed by atoms with Crippen molar-refractivity contribution in [2.75, 3.05) is 56.6 Å². The van der Waals surface area contributed by atoms with Crippen molar-refractivity contribution in [1.29, 1.82) is 0 Å². The summed E-state index contributed by atoms with van der Waals surface area (Å²) in [6.07, 6.45) is -1.91. The molecule has 5 rings (SSSR count). The molecule has 1 unspecified atom stereocenters. The van der Waals surface area contributed by atoms with Gasteiger partial charge in [-0.3, -0.25) is 10.1 Å². The lowest BCUT2D eigenvalue weighted by atomic mass is 9.71. The van der Waals surface area contributed by atoms with E-state index in [1.54, 1.807) is 13.0 Å². The van der Waals surface area contributed by atoms with Crippen LogP contribution in [0.15, 0.2) is 34.7 Å². The molecule has 49 heavy (non-hydrogen) atoms. The van der Waals surface area contributed by atoms with Crippen LogP contribution in [0.4, 0.5) is 29.6 Å². The number of aromatic carboxylic acids is 1. The predicted molar refractivity (Wildman–Crippen MR) is 179 cm³/mol. The van der Waals surface area contributed by atoms with Crippen LogP contribution in [0.5, 0.6) is 0 Å². The Kier molecular flexibility index (Phi) is 10.3. The van der Waals surface area contributed by atoms with Gasteiger partial charge in [0.05, 0.1) is 12.0 Å². The number of carboxylic acids is 1. The Balaban J connectivity index is 1.62. The van der Waals surface area contributed by atoms with E-state index in [1.165, 1.54) is 12.3 Å². The summed E-state index contributed by atoms with van der Waals surface area (Å²) in [5.74, 6) is -1.45. The Morgan fingerprint density at radius 1 is 1.14 bits per heavy atom. The molecule has 0 spiro atoms. The monoisotopic (exact) mass is 702 g/mol. The van der Waals surface area contributed by atoms with Crippen molar-refractivity contribution in [2.45, 2.75) is 39.3 Å². The second-order valence-electron chi connectivity index (χ2n) is 12.6. The second kappa shape index (κ2) is 14.1. The molecule has 1 atom stereocenters. The third kappa shape index (κ3) is 7.68. The van der Waals surface area contributed by atoms with Gasteiger partial charge in [0.15, 0.2) is 5.69 Å². The van der Waals surface area contributed by atoms with Gasteiger partial charge >= 0.3 is 18.2 Å². The van der Waals surface area contributed by atoms with E-state index < -0.39 is 52.8 Å². The number of anilines is 2. The summed E-state index contributed by atoms with van der Waals surface area (Å²) in [6, 6.07) is 2.51. The molecule has 1 aliphatic rings. The van der Waals surface area contributed by atoms with E-state index in [-0.39, 0.29) is 28.3 Å². The molecule has 5 N–H and O–H groups in total. The van der Waals surface area contributed by atoms with Crippen molar-refractivity contribution in [3.63, 3.8) is 0 Å². The molecule has 262 valence electrons. The minimum Gasteiger partial charge on any atom is -0.477 e. The fourth-order valence-electron chi connectivity index (χ4n) is 5.96. The minimum absolute atomic E-state index is 0.0487. The van der Waals surface area contributed by atoms with Crippen LogP contribution in [0, 0.1) is 5.41 Å². The van der Waals surface area contributed by atoms with Gasteiger partial charge in [0, 0.05) is 67.5 Å². The molecule has 2 amide bonds. The van der Waals surface area contributed by atoms with Gasteiger partial charge in [-0.2, -0.15) is 13.2 Å². The minimum atomic E-state index is -4.66. The third-order valence-electron chi connectivity index (χ3n) is 8.64. The number of nitrogens with zero attached hydrogens (tertiary/aromatic N) is 5. The first-order valence-electron chi connectivity index (χ1n) is 15.5. The van der Waals surface area contributed by atoms with Crippen LogP contribution in [0.3, 0.4) is 0 Å². The highest BCUT2D eigenvalue weighted by atomic mass is 32.1. The van der Waals surface area contributed by atoms with Gasteiger partial charge in [-0.05, 0) is 43.5 Å². The molecule has 0 saturated carbocycles. The Bertz CT molecular complexity index is 1920. The van der Waals surface area contributed by atoms with Gasteiger partial charge in [0.2, 0.25) is 5.43 Å². The topological polar surface area (TPSA) is 177 Å². The first-order chi connectivity index (χ1) is 23.1. The van der Waals surface area contributed by atoms with Crippen molar-refractivity contribution in [3.05, 3.63) is 62.5 Å². The zero-order valence-electron chi connectivity index (χ0n) is 27.3. The number of halogens is 3. The Hall–Kier alpha value is -4.61. The number of amides is 2. The highest BCUT2D eigenvalue weighted by Crippen LogP contribution is 2.44. The molecule has 17 heteroatoms. The molecular formula is C32H37F3N8O5S. The van der Waals surface area contributed by atoms with Crippen LogP contribution in [0.1, 0.15) is 53.9 Å². The molecule has 1 fully saturated rings. The summed E-state index contributed by atoms with van der Waals surface area (Å²) < 4.78 is 40.7. The van der Waals surface area contributed by atoms with E-state index >= 15 is 0 Å². The van der Waals surface area contributed by atoms with Crippen molar-refractivity contribution in [1.82, 2.24) is 30.2 Å². The number of fused-ring (bicyclic) bond motifs is 1. The SMILES string of the molecule is CCNC(=O)Nc1cc(-c2nc(C(F)(F)F)cs2)c(CC(C)(C)C(CO)c2cc3c(=O)c(C(=O)O)c[nH]c3nc2N2CCN(C)CC2)cn1. The number of rotatable bonds is 10. The number of aromatic nitrogens is 4. The lowest BCUT2D eigenvalue weighted by Crippen LogP contribution is -2.45. The van der Waals surface area contributed by atoms with Crippen LogP contribution in [-0.4, -0.2) is 93.4 Å². The van der Waals surface area contributed by atoms with E-state index in [0.29, 0.717) is 42.1 Å². The number of likely N-dealkylation sites (N-methyl/N-ethyl adjacent to an activating group) is 1. The van der Waals surface area contributed by atoms with E-state index in [9.17, 15) is 37.8 Å². The number of nitrogens with one attached hydrogen (secondary N) is 3. The molecule has 0 aromatic carbocycles. The number of hydrogen-bond donors (Lipinski definition) is 5. The molecule has 1 aliphatic heterocycles. The summed E-state index contributed by atoms with van der Waals surface area (Å²) in [5.41, 5.74) is -1.52. The molecular weight excluding hydrogens is 665 g/mol. The van der Waals surface area contributed by atoms with Gasteiger partial charge in [0.25, 0.3) is 0 Å². The van der Waals surface area contributed by atoms with Crippen LogP contribution in [0.2, 0.25) is 0 Å². The van der Waals surface area contributed by atoms with Gasteiger partial charge < -0.3 is 30.3 Å². The number of alkyl halides is 3. The Morgan fingerprint density at radius 2 is 1.86 bits per heavy atom. The number of carbonyl (C=O) groups excluding carboxylic acids is 1. The number of aliphatic hydroxyl groups is 1. The number of hydrogen-bond acceptors (Lipinski definition) is 10. The predicted octanol–water partition coefficient (Wildman–Crippen LogP) is 4.40. The average Bonchev–Trinajstić information content (AvgIpc) is 3.54. The van der Waals surface area contributed by atoms with Gasteiger partial charge in [-0.15, -0.1) is 11.3 Å². The Labute approximate surface area is 283 Å². The largest absolute Gasteiger partial charge is 0.477 e. The zero-order valence-corrected chi connectivity index (χ0v) is 28.1. The molecule has 13 nitrogen and oxygen atoms in total. The maximum Gasteiger partial charge on any atom is 0.434 e. The quantitative estimate of drug-likeness (QED) is 0.159. The highest BCUT2D eigenvalue weighted by Gasteiger charge is 2.37. The molecule has 0 radical (unpaired) electrons. The van der Waals surface area contributed by atoms with E-state index in [1.807, 2.05) is 20.9 Å². The average molecular weight is 703 g/mol. The summed E-state index contributed by atoms with van der Waals surface area (Å²) >= 11 is 0.803. The summed E-state index contributed by atoms with van der Waals surface area (Å²) in [6.45, 7) is 8.12. The Morgan fingerprint density at radius 3 is 2.47 bits per heavy atom. The molecule has 5 heterocycles. The number of piperazine rings is 1. The lowest BCUT2D eigenvalue weighted by molar-refractivity contribution is -0.140. The normalized spacial score (nSPS) is 15.0. The van der Waals surface area contributed by atoms with Crippen molar-refractivity contribution < 1.29 is 33.0 Å². The number of urea groups is 1. The number of thiazole rings is 1. The van der Waals surface area contributed by atoms with Crippen LogP contribution in [-0.2, 0) is 12.6 Å². The smallest absolute Gasteiger partial charge is 0.434 e. The summed E-state index contributed by atoms with van der Waals surface area (Å²) in [7, 11) is 2.00. The second-order valence-corrected chi connectivity index (χ2v) is 13.4. The van der Waals surface area contributed by atoms with Crippen molar-refractivity contribution in [2.24, 2.45) is 5.41 Å². The molecule has 0 bridgehead atoms. The van der Waals surface area contributed by atoms with Gasteiger partial charge in [-0.1, -0.05) is 13.8 Å². The number of pyridine rings is 3. The third-order valence-corrected chi connectivity index (χ3v) is 9.52. The van der Waals surface area contributed by atoms with Crippen molar-refractivity contribution in [3.8, 4) is 10.6 Å². The maximum atomic E-state index is 13.6. The zero-order chi connectivity index (χ0) is 35.7. The summed E-state index contributed by atoms with van der Waals surface area (Å²) in [5, 5.41) is 26.8. The number of aliphatic hydroxyl groups excluding tert-OH is 1. The maximum absolute atomic E-state index is 13.6. The molecule has 0 aliphatic carbocycles. The standard InChI is InChI=1S/C32H37F3N8O5S/c1-5-36-30(48)40-24-11-18(28-39-23(16-49-28)32(33,34)35)17(13-37-24)12-31(2,3)22(15-44)19-10-20-25(45)21(29(46)47)14-38-26(20)41-27(19)43-8-6-42(4)7-9-43/h10-11,13-14,16,22,44H,5-9,12,15H2,1-4H3,(H,46,47)(H,38,41,45)(H2,36,37,40,48). The molecule has 4 aromatic heterocycles. The first-order valence-corrected chi connectivity index (χ1v) is 16.4. The first kappa shape index (κ1) is 35.7. The van der Waals surface area contributed by atoms with Crippen LogP contribution in [0.25, 0.3) is 21.6 Å². The van der Waals surface area contributed by atoms with E-state index in [4.69, 9.17) is 4.98 Å². The lowest BCUT2D eigenvalue weighted by Gasteiger charge is -2.39. The number of H-pyrrole nitrogens is 1. The number of carbonyl (C=O) groups is 2. The number of aromatic amines is 1. The van der Waals surface area contributed by atoms with E-state index in [0.717, 1.165) is 36.0 Å². The summed E-state index contributed by atoms with van der Waals surface area (Å²) in [4.78, 5) is 57.3.